The SMILES string of the molecule is Cc1csc(C(O)c2cccc(C(F)(F)F)c2)n1. The van der Waals surface area contributed by atoms with Gasteiger partial charge in [-0.25, -0.2) is 4.98 Å². The van der Waals surface area contributed by atoms with Crippen LogP contribution in [-0.4, -0.2) is 10.1 Å². The van der Waals surface area contributed by atoms with E-state index in [1.807, 2.05) is 0 Å². The molecule has 2 rings (SSSR count). The van der Waals surface area contributed by atoms with E-state index in [0.29, 0.717) is 5.01 Å². The maximum Gasteiger partial charge on any atom is 0.416 e. The number of aromatic nitrogens is 1. The molecule has 0 saturated carbocycles. The minimum Gasteiger partial charge on any atom is -0.381 e. The molecule has 0 saturated heterocycles. The highest BCUT2D eigenvalue weighted by atomic mass is 32.1. The van der Waals surface area contributed by atoms with Gasteiger partial charge in [0.05, 0.1) is 5.56 Å². The summed E-state index contributed by atoms with van der Waals surface area (Å²) in [6.45, 7) is 1.76. The van der Waals surface area contributed by atoms with Gasteiger partial charge in [-0.15, -0.1) is 11.3 Å². The van der Waals surface area contributed by atoms with E-state index in [1.165, 1.54) is 23.5 Å². The molecule has 1 heterocycles. The van der Waals surface area contributed by atoms with Crippen LogP contribution in [0.1, 0.15) is 27.9 Å². The number of hydrogen-bond acceptors (Lipinski definition) is 3. The van der Waals surface area contributed by atoms with E-state index in [9.17, 15) is 18.3 Å². The summed E-state index contributed by atoms with van der Waals surface area (Å²) in [6, 6.07) is 4.66. The second-order valence-corrected chi connectivity index (χ2v) is 4.74. The molecule has 6 heteroatoms. The summed E-state index contributed by atoms with van der Waals surface area (Å²) >= 11 is 1.22. The fraction of sp³-hybridized carbons (Fsp3) is 0.250. The van der Waals surface area contributed by atoms with Gasteiger partial charge in [-0.2, -0.15) is 13.2 Å². The van der Waals surface area contributed by atoms with Crippen LogP contribution in [0.3, 0.4) is 0 Å². The second kappa shape index (κ2) is 4.70. The first-order chi connectivity index (χ1) is 8.38. The summed E-state index contributed by atoms with van der Waals surface area (Å²) in [4.78, 5) is 4.07. The molecular weight excluding hydrogens is 263 g/mol. The fourth-order valence-corrected chi connectivity index (χ4v) is 2.33. The molecule has 0 radical (unpaired) electrons. The van der Waals surface area contributed by atoms with E-state index in [0.717, 1.165) is 17.8 Å². The summed E-state index contributed by atoms with van der Waals surface area (Å²) in [7, 11) is 0. The van der Waals surface area contributed by atoms with Crippen LogP contribution in [-0.2, 0) is 6.18 Å². The smallest absolute Gasteiger partial charge is 0.381 e. The molecule has 2 aromatic rings. The summed E-state index contributed by atoms with van der Waals surface area (Å²) in [5.41, 5.74) is 0.160. The lowest BCUT2D eigenvalue weighted by atomic mass is 10.1. The number of halogens is 3. The van der Waals surface area contributed by atoms with Crippen molar-refractivity contribution in [2.75, 3.05) is 0 Å². The van der Waals surface area contributed by atoms with Gasteiger partial charge in [0.2, 0.25) is 0 Å². The lowest BCUT2D eigenvalue weighted by Gasteiger charge is -2.11. The Kier molecular flexibility index (Phi) is 3.41. The van der Waals surface area contributed by atoms with E-state index in [-0.39, 0.29) is 5.56 Å². The first-order valence-electron chi connectivity index (χ1n) is 5.15. The van der Waals surface area contributed by atoms with Crippen LogP contribution in [0, 0.1) is 6.92 Å². The first kappa shape index (κ1) is 13.0. The Morgan fingerprint density at radius 2 is 2.06 bits per heavy atom. The van der Waals surface area contributed by atoms with Crippen LogP contribution in [0.4, 0.5) is 13.2 Å². The van der Waals surface area contributed by atoms with Gasteiger partial charge < -0.3 is 5.11 Å². The highest BCUT2D eigenvalue weighted by Crippen LogP contribution is 2.32. The highest BCUT2D eigenvalue weighted by Gasteiger charge is 2.31. The zero-order valence-electron chi connectivity index (χ0n) is 9.40. The molecule has 0 bridgehead atoms. The van der Waals surface area contributed by atoms with Gasteiger partial charge in [0, 0.05) is 11.1 Å². The van der Waals surface area contributed by atoms with Crippen LogP contribution in [0.15, 0.2) is 29.6 Å². The summed E-state index contributed by atoms with van der Waals surface area (Å²) in [5.74, 6) is 0. The topological polar surface area (TPSA) is 33.1 Å². The van der Waals surface area contributed by atoms with Crippen LogP contribution < -0.4 is 0 Å². The molecule has 18 heavy (non-hydrogen) atoms. The standard InChI is InChI=1S/C12H10F3NOS/c1-7-6-18-11(16-7)10(17)8-3-2-4-9(5-8)12(13,14)15/h2-6,10,17H,1H3. The molecule has 1 aromatic carbocycles. The van der Waals surface area contributed by atoms with Gasteiger partial charge in [0.15, 0.2) is 0 Å². The average Bonchev–Trinajstić information content (AvgIpc) is 2.74. The molecule has 0 amide bonds. The number of thiazole rings is 1. The molecule has 1 aromatic heterocycles. The number of nitrogens with zero attached hydrogens (tertiary/aromatic N) is 1. The van der Waals surface area contributed by atoms with E-state index in [2.05, 4.69) is 4.98 Å². The van der Waals surface area contributed by atoms with Gasteiger partial charge in [0.25, 0.3) is 0 Å². The zero-order valence-corrected chi connectivity index (χ0v) is 10.2. The van der Waals surface area contributed by atoms with E-state index in [4.69, 9.17) is 0 Å². The number of rotatable bonds is 2. The number of aliphatic hydroxyl groups excluding tert-OH is 1. The van der Waals surface area contributed by atoms with Crippen molar-refractivity contribution in [2.24, 2.45) is 0 Å². The average molecular weight is 273 g/mol. The van der Waals surface area contributed by atoms with E-state index < -0.39 is 17.8 Å². The molecule has 0 aliphatic carbocycles. The Hall–Kier alpha value is -1.40. The number of hydrogen-bond donors (Lipinski definition) is 1. The Morgan fingerprint density at radius 3 is 2.61 bits per heavy atom. The van der Waals surface area contributed by atoms with Crippen molar-refractivity contribution < 1.29 is 18.3 Å². The van der Waals surface area contributed by atoms with Gasteiger partial charge in [0.1, 0.15) is 11.1 Å². The quantitative estimate of drug-likeness (QED) is 0.907. The molecule has 0 fully saturated rings. The maximum absolute atomic E-state index is 12.5. The fourth-order valence-electron chi connectivity index (χ4n) is 1.53. The van der Waals surface area contributed by atoms with Crippen LogP contribution >= 0.6 is 11.3 Å². The van der Waals surface area contributed by atoms with Gasteiger partial charge in [-0.05, 0) is 24.6 Å². The van der Waals surface area contributed by atoms with Crippen LogP contribution in [0.25, 0.3) is 0 Å². The van der Waals surface area contributed by atoms with Crippen LogP contribution in [0.5, 0.6) is 0 Å². The Balaban J connectivity index is 2.34. The van der Waals surface area contributed by atoms with E-state index in [1.54, 1.807) is 12.3 Å². The van der Waals surface area contributed by atoms with Crippen molar-refractivity contribution in [3.05, 3.63) is 51.5 Å². The highest BCUT2D eigenvalue weighted by molar-refractivity contribution is 7.09. The molecule has 0 spiro atoms. The van der Waals surface area contributed by atoms with Crippen molar-refractivity contribution in [1.82, 2.24) is 4.98 Å². The second-order valence-electron chi connectivity index (χ2n) is 3.85. The van der Waals surface area contributed by atoms with Crippen LogP contribution in [0.2, 0.25) is 0 Å². The van der Waals surface area contributed by atoms with Crippen molar-refractivity contribution in [2.45, 2.75) is 19.2 Å². The third-order valence-corrected chi connectivity index (χ3v) is 3.42. The van der Waals surface area contributed by atoms with Crippen molar-refractivity contribution in [1.29, 1.82) is 0 Å². The predicted molar refractivity (Wildman–Crippen MR) is 62.4 cm³/mol. The molecule has 1 unspecified atom stereocenters. The number of benzene rings is 1. The monoisotopic (exact) mass is 273 g/mol. The molecule has 0 aliphatic heterocycles. The molecule has 1 N–H and O–H groups in total. The van der Waals surface area contributed by atoms with Gasteiger partial charge >= 0.3 is 6.18 Å². The number of aryl methyl sites for hydroxylation is 1. The predicted octanol–water partition coefficient (Wildman–Crippen LogP) is 3.55. The first-order valence-corrected chi connectivity index (χ1v) is 6.03. The zero-order chi connectivity index (χ0) is 13.3. The molecule has 2 nitrogen and oxygen atoms in total. The van der Waals surface area contributed by atoms with E-state index >= 15 is 0 Å². The summed E-state index contributed by atoms with van der Waals surface area (Å²) < 4.78 is 37.6. The molecule has 96 valence electrons. The lowest BCUT2D eigenvalue weighted by molar-refractivity contribution is -0.137. The van der Waals surface area contributed by atoms with Crippen molar-refractivity contribution in [3.8, 4) is 0 Å². The minimum absolute atomic E-state index is 0.194. The van der Waals surface area contributed by atoms with Crippen molar-refractivity contribution >= 4 is 11.3 Å². The maximum atomic E-state index is 12.5. The summed E-state index contributed by atoms with van der Waals surface area (Å²) in [5, 5.41) is 12.1. The Labute approximate surface area is 106 Å². The lowest BCUT2D eigenvalue weighted by Crippen LogP contribution is -2.07. The minimum atomic E-state index is -4.41. The third kappa shape index (κ3) is 2.70. The number of aliphatic hydroxyl groups is 1. The van der Waals surface area contributed by atoms with Gasteiger partial charge in [-0.1, -0.05) is 12.1 Å². The molecular formula is C12H10F3NOS. The Bertz CT molecular complexity index is 550. The third-order valence-electron chi connectivity index (χ3n) is 2.40. The molecule has 1 atom stereocenters. The largest absolute Gasteiger partial charge is 0.416 e. The van der Waals surface area contributed by atoms with Gasteiger partial charge in [-0.3, -0.25) is 0 Å². The normalized spacial score (nSPS) is 13.6. The number of alkyl halides is 3. The summed E-state index contributed by atoms with van der Waals surface area (Å²) in [6.07, 6.45) is -5.53. The Morgan fingerprint density at radius 1 is 1.33 bits per heavy atom. The van der Waals surface area contributed by atoms with Crippen molar-refractivity contribution in [3.63, 3.8) is 0 Å². The molecule has 0 aliphatic rings.